The Labute approximate surface area is 125 Å². The van der Waals surface area contributed by atoms with Gasteiger partial charge in [0.25, 0.3) is 0 Å². The molecule has 1 aromatic carbocycles. The third kappa shape index (κ3) is 3.73. The van der Waals surface area contributed by atoms with E-state index in [0.29, 0.717) is 6.61 Å². The molecule has 2 aromatic rings. The Kier molecular flexibility index (Phi) is 4.36. The van der Waals surface area contributed by atoms with E-state index in [0.717, 1.165) is 37.2 Å². The average molecular weight is 283 g/mol. The van der Waals surface area contributed by atoms with Crippen LogP contribution in [0, 0.1) is 0 Å². The Morgan fingerprint density at radius 1 is 1.24 bits per heavy atom. The van der Waals surface area contributed by atoms with Gasteiger partial charge in [0.05, 0.1) is 0 Å². The van der Waals surface area contributed by atoms with Crippen molar-refractivity contribution in [3.05, 3.63) is 54.4 Å². The van der Waals surface area contributed by atoms with Crippen molar-refractivity contribution < 1.29 is 4.74 Å². The monoisotopic (exact) mass is 283 g/mol. The van der Waals surface area contributed by atoms with Gasteiger partial charge in [-0.3, -0.25) is 4.98 Å². The first-order valence-corrected chi connectivity index (χ1v) is 7.43. The summed E-state index contributed by atoms with van der Waals surface area (Å²) in [6.07, 6.45) is 5.84. The van der Waals surface area contributed by atoms with Crippen LogP contribution in [0.2, 0.25) is 0 Å². The first kappa shape index (κ1) is 13.9. The molecule has 0 radical (unpaired) electrons. The van der Waals surface area contributed by atoms with Crippen molar-refractivity contribution in [3.63, 3.8) is 0 Å². The maximum absolute atomic E-state index is 6.06. The van der Waals surface area contributed by atoms with Gasteiger partial charge in [-0.25, -0.2) is 0 Å². The van der Waals surface area contributed by atoms with E-state index in [9.17, 15) is 0 Å². The largest absolute Gasteiger partial charge is 0.489 e. The SMILES string of the molecule is NC1CCCN(c2cccc(OCc3ccncc3)c2)C1. The van der Waals surface area contributed by atoms with Crippen LogP contribution in [0.1, 0.15) is 18.4 Å². The molecular formula is C17H21N3O. The number of aromatic nitrogens is 1. The van der Waals surface area contributed by atoms with Gasteiger partial charge in [-0.1, -0.05) is 6.07 Å². The number of ether oxygens (including phenoxy) is 1. The lowest BCUT2D eigenvalue weighted by atomic mass is 10.1. The van der Waals surface area contributed by atoms with Gasteiger partial charge in [-0.05, 0) is 42.7 Å². The van der Waals surface area contributed by atoms with Gasteiger partial charge in [0, 0.05) is 43.3 Å². The second kappa shape index (κ2) is 6.59. The third-order valence-electron chi connectivity index (χ3n) is 3.80. The zero-order valence-electron chi connectivity index (χ0n) is 12.1. The van der Waals surface area contributed by atoms with Gasteiger partial charge < -0.3 is 15.4 Å². The number of rotatable bonds is 4. The van der Waals surface area contributed by atoms with Gasteiger partial charge in [-0.2, -0.15) is 0 Å². The molecule has 0 spiro atoms. The highest BCUT2D eigenvalue weighted by atomic mass is 16.5. The standard InChI is InChI=1S/C17H21N3O/c18-15-3-2-10-20(12-15)16-4-1-5-17(11-16)21-13-14-6-8-19-9-7-14/h1,4-9,11,15H,2-3,10,12-13,18H2. The fraction of sp³-hybridized carbons (Fsp3) is 0.353. The van der Waals surface area contributed by atoms with Crippen molar-refractivity contribution in [2.75, 3.05) is 18.0 Å². The van der Waals surface area contributed by atoms with Gasteiger partial charge in [-0.15, -0.1) is 0 Å². The highest BCUT2D eigenvalue weighted by Crippen LogP contribution is 2.24. The van der Waals surface area contributed by atoms with Gasteiger partial charge in [0.2, 0.25) is 0 Å². The van der Waals surface area contributed by atoms with Gasteiger partial charge in [0.1, 0.15) is 12.4 Å². The highest BCUT2D eigenvalue weighted by molar-refractivity contribution is 5.51. The molecule has 0 aliphatic carbocycles. The van der Waals surface area contributed by atoms with Crippen LogP contribution in [0.4, 0.5) is 5.69 Å². The molecule has 1 aliphatic heterocycles. The normalized spacial score (nSPS) is 18.5. The van der Waals surface area contributed by atoms with Crippen LogP contribution in [-0.2, 0) is 6.61 Å². The zero-order chi connectivity index (χ0) is 14.5. The van der Waals surface area contributed by atoms with Crippen LogP contribution < -0.4 is 15.4 Å². The van der Waals surface area contributed by atoms with E-state index in [-0.39, 0.29) is 6.04 Å². The van der Waals surface area contributed by atoms with E-state index in [4.69, 9.17) is 10.5 Å². The number of hydrogen-bond donors (Lipinski definition) is 1. The third-order valence-corrected chi connectivity index (χ3v) is 3.80. The molecule has 4 heteroatoms. The molecule has 2 N–H and O–H groups in total. The summed E-state index contributed by atoms with van der Waals surface area (Å²) in [5.41, 5.74) is 8.37. The molecule has 21 heavy (non-hydrogen) atoms. The minimum Gasteiger partial charge on any atom is -0.489 e. The Balaban J connectivity index is 1.65. The first-order valence-electron chi connectivity index (χ1n) is 7.43. The van der Waals surface area contributed by atoms with E-state index < -0.39 is 0 Å². The molecule has 0 saturated carbocycles. The van der Waals surface area contributed by atoms with E-state index in [1.54, 1.807) is 12.4 Å². The Morgan fingerprint density at radius 2 is 2.10 bits per heavy atom. The average Bonchev–Trinajstić information content (AvgIpc) is 2.54. The molecule has 1 aromatic heterocycles. The molecule has 110 valence electrons. The Bertz CT molecular complexity index is 573. The maximum atomic E-state index is 6.06. The summed E-state index contributed by atoms with van der Waals surface area (Å²) in [5, 5.41) is 0. The lowest BCUT2D eigenvalue weighted by molar-refractivity contribution is 0.306. The lowest BCUT2D eigenvalue weighted by Crippen LogP contribution is -2.42. The topological polar surface area (TPSA) is 51.4 Å². The predicted molar refractivity (Wildman–Crippen MR) is 84.4 cm³/mol. The summed E-state index contributed by atoms with van der Waals surface area (Å²) < 4.78 is 5.86. The van der Waals surface area contributed by atoms with E-state index in [1.165, 1.54) is 5.69 Å². The fourth-order valence-corrected chi connectivity index (χ4v) is 2.66. The summed E-state index contributed by atoms with van der Waals surface area (Å²) >= 11 is 0. The second-order valence-electron chi connectivity index (χ2n) is 5.49. The molecule has 2 heterocycles. The summed E-state index contributed by atoms with van der Waals surface area (Å²) in [4.78, 5) is 6.35. The lowest BCUT2D eigenvalue weighted by Gasteiger charge is -2.32. The van der Waals surface area contributed by atoms with Crippen LogP contribution in [0.15, 0.2) is 48.8 Å². The molecule has 1 atom stereocenters. The minimum absolute atomic E-state index is 0.278. The number of pyridine rings is 1. The summed E-state index contributed by atoms with van der Waals surface area (Å²) in [6, 6.07) is 12.5. The molecule has 1 unspecified atom stereocenters. The second-order valence-corrected chi connectivity index (χ2v) is 5.49. The smallest absolute Gasteiger partial charge is 0.121 e. The number of anilines is 1. The fourth-order valence-electron chi connectivity index (χ4n) is 2.66. The minimum atomic E-state index is 0.278. The Morgan fingerprint density at radius 3 is 2.90 bits per heavy atom. The number of nitrogens with zero attached hydrogens (tertiary/aromatic N) is 2. The molecule has 0 amide bonds. The van der Waals surface area contributed by atoms with Gasteiger partial charge in [0.15, 0.2) is 0 Å². The quantitative estimate of drug-likeness (QED) is 0.937. The molecule has 1 saturated heterocycles. The number of hydrogen-bond acceptors (Lipinski definition) is 4. The predicted octanol–water partition coefficient (Wildman–Crippen LogP) is 2.59. The van der Waals surface area contributed by atoms with Crippen LogP contribution in [-0.4, -0.2) is 24.1 Å². The van der Waals surface area contributed by atoms with Crippen LogP contribution in [0.3, 0.4) is 0 Å². The molecule has 0 bridgehead atoms. The van der Waals surface area contributed by atoms with Gasteiger partial charge >= 0.3 is 0 Å². The van der Waals surface area contributed by atoms with Crippen LogP contribution >= 0.6 is 0 Å². The first-order chi connectivity index (χ1) is 10.3. The highest BCUT2D eigenvalue weighted by Gasteiger charge is 2.17. The number of piperidine rings is 1. The van der Waals surface area contributed by atoms with Crippen LogP contribution in [0.25, 0.3) is 0 Å². The van der Waals surface area contributed by atoms with E-state index >= 15 is 0 Å². The van der Waals surface area contributed by atoms with Crippen molar-refractivity contribution in [2.45, 2.75) is 25.5 Å². The zero-order valence-corrected chi connectivity index (χ0v) is 12.1. The van der Waals surface area contributed by atoms with Crippen molar-refractivity contribution >= 4 is 5.69 Å². The summed E-state index contributed by atoms with van der Waals surface area (Å²) in [6.45, 7) is 2.56. The summed E-state index contributed by atoms with van der Waals surface area (Å²) in [5.74, 6) is 0.892. The molecular weight excluding hydrogens is 262 g/mol. The van der Waals surface area contributed by atoms with E-state index in [1.807, 2.05) is 24.3 Å². The van der Waals surface area contributed by atoms with Crippen molar-refractivity contribution in [1.29, 1.82) is 0 Å². The molecule has 4 nitrogen and oxygen atoms in total. The van der Waals surface area contributed by atoms with Crippen molar-refractivity contribution in [1.82, 2.24) is 4.98 Å². The maximum Gasteiger partial charge on any atom is 0.121 e. The van der Waals surface area contributed by atoms with E-state index in [2.05, 4.69) is 22.0 Å². The number of benzene rings is 1. The summed E-state index contributed by atoms with van der Waals surface area (Å²) in [7, 11) is 0. The van der Waals surface area contributed by atoms with Crippen molar-refractivity contribution in [2.24, 2.45) is 5.73 Å². The molecule has 3 rings (SSSR count). The van der Waals surface area contributed by atoms with Crippen LogP contribution in [0.5, 0.6) is 5.75 Å². The number of nitrogens with two attached hydrogens (primary N) is 1. The molecule has 1 fully saturated rings. The molecule has 1 aliphatic rings. The Hall–Kier alpha value is -2.07. The van der Waals surface area contributed by atoms with Crippen molar-refractivity contribution in [3.8, 4) is 5.75 Å².